The fraction of sp³-hybridized carbons (Fsp3) is 0.250. The van der Waals surface area contributed by atoms with Gasteiger partial charge in [-0.3, -0.25) is 24.8 Å². The number of benzene rings is 1. The third kappa shape index (κ3) is 2.35. The van der Waals surface area contributed by atoms with Gasteiger partial charge in [0.15, 0.2) is 5.16 Å². The lowest BCUT2D eigenvalue weighted by Crippen LogP contribution is -2.17. The molecule has 0 fully saturated rings. The van der Waals surface area contributed by atoms with Crippen LogP contribution in [0.15, 0.2) is 23.4 Å². The maximum Gasteiger partial charge on any atom is 0.273 e. The largest absolute Gasteiger partial charge is 0.290 e. The van der Waals surface area contributed by atoms with Gasteiger partial charge in [0.2, 0.25) is 5.95 Å². The van der Waals surface area contributed by atoms with Crippen LogP contribution in [0.25, 0.3) is 0 Å². The Balaban J connectivity index is 1.89. The Morgan fingerprint density at radius 3 is 3.05 bits per heavy atom. The topological polar surface area (TPSA) is 103 Å². The normalized spacial score (nSPS) is 13.0. The Labute approximate surface area is 123 Å². The SMILES string of the molecule is Cc1c(C(=O)Nc2nnc3n2CCS3)cccc1[N+](=O)[O-]. The molecule has 0 unspecified atom stereocenters. The number of amides is 1. The average molecular weight is 305 g/mol. The van der Waals surface area contributed by atoms with Crippen molar-refractivity contribution in [3.63, 3.8) is 0 Å². The molecule has 0 atom stereocenters. The number of nitro benzene ring substituents is 1. The zero-order valence-corrected chi connectivity index (χ0v) is 11.9. The Kier molecular flexibility index (Phi) is 3.34. The number of fused-ring (bicyclic) bond motifs is 1. The molecular formula is C12H11N5O3S. The molecule has 1 aromatic heterocycles. The highest BCUT2D eigenvalue weighted by atomic mass is 32.2. The molecule has 1 aromatic carbocycles. The number of anilines is 1. The van der Waals surface area contributed by atoms with E-state index in [2.05, 4.69) is 15.5 Å². The minimum Gasteiger partial charge on any atom is -0.290 e. The molecule has 21 heavy (non-hydrogen) atoms. The molecule has 2 heterocycles. The Hall–Kier alpha value is -2.42. The molecule has 3 rings (SSSR count). The lowest BCUT2D eigenvalue weighted by molar-refractivity contribution is -0.385. The molecule has 0 saturated carbocycles. The van der Waals surface area contributed by atoms with Gasteiger partial charge in [-0.05, 0) is 13.0 Å². The first-order valence-electron chi connectivity index (χ1n) is 6.19. The molecule has 108 valence electrons. The molecule has 0 spiro atoms. The highest BCUT2D eigenvalue weighted by Crippen LogP contribution is 2.27. The summed E-state index contributed by atoms with van der Waals surface area (Å²) in [5.41, 5.74) is 0.507. The van der Waals surface area contributed by atoms with E-state index in [4.69, 9.17) is 0 Å². The van der Waals surface area contributed by atoms with Crippen LogP contribution in [0, 0.1) is 17.0 Å². The predicted molar refractivity (Wildman–Crippen MR) is 76.5 cm³/mol. The molecule has 0 radical (unpaired) electrons. The molecule has 1 N–H and O–H groups in total. The van der Waals surface area contributed by atoms with Gasteiger partial charge >= 0.3 is 0 Å². The van der Waals surface area contributed by atoms with Crippen molar-refractivity contribution in [3.8, 4) is 0 Å². The van der Waals surface area contributed by atoms with Crippen LogP contribution in [0.5, 0.6) is 0 Å². The van der Waals surface area contributed by atoms with E-state index in [9.17, 15) is 14.9 Å². The maximum atomic E-state index is 12.3. The Bertz CT molecular complexity index is 742. The summed E-state index contributed by atoms with van der Waals surface area (Å²) in [4.78, 5) is 22.7. The van der Waals surface area contributed by atoms with Crippen LogP contribution < -0.4 is 5.32 Å². The monoisotopic (exact) mass is 305 g/mol. The number of nitro groups is 1. The molecule has 0 aliphatic carbocycles. The fourth-order valence-electron chi connectivity index (χ4n) is 2.15. The van der Waals surface area contributed by atoms with E-state index in [0.29, 0.717) is 11.5 Å². The first kappa shape index (κ1) is 13.6. The number of carbonyl (C=O) groups excluding carboxylic acids is 1. The van der Waals surface area contributed by atoms with Gasteiger partial charge in [0.1, 0.15) is 0 Å². The van der Waals surface area contributed by atoms with E-state index in [0.717, 1.165) is 17.5 Å². The Morgan fingerprint density at radius 2 is 2.29 bits per heavy atom. The molecule has 0 saturated heterocycles. The molecule has 1 aliphatic heterocycles. The van der Waals surface area contributed by atoms with Crippen molar-refractivity contribution in [2.24, 2.45) is 0 Å². The van der Waals surface area contributed by atoms with Crippen LogP contribution in [-0.4, -0.2) is 31.3 Å². The lowest BCUT2D eigenvalue weighted by Gasteiger charge is -2.07. The fourth-order valence-corrected chi connectivity index (χ4v) is 3.04. The summed E-state index contributed by atoms with van der Waals surface area (Å²) in [5, 5.41) is 22.2. The molecule has 9 heteroatoms. The van der Waals surface area contributed by atoms with Crippen molar-refractivity contribution < 1.29 is 9.72 Å². The van der Waals surface area contributed by atoms with Crippen molar-refractivity contribution in [2.75, 3.05) is 11.1 Å². The van der Waals surface area contributed by atoms with Crippen LogP contribution in [0.3, 0.4) is 0 Å². The highest BCUT2D eigenvalue weighted by Gasteiger charge is 2.22. The smallest absolute Gasteiger partial charge is 0.273 e. The van der Waals surface area contributed by atoms with E-state index in [1.54, 1.807) is 24.8 Å². The van der Waals surface area contributed by atoms with Crippen LogP contribution in [0.4, 0.5) is 11.6 Å². The summed E-state index contributed by atoms with van der Waals surface area (Å²) in [6.07, 6.45) is 0. The van der Waals surface area contributed by atoms with Crippen molar-refractivity contribution >= 4 is 29.3 Å². The van der Waals surface area contributed by atoms with Crippen LogP contribution in [0.1, 0.15) is 15.9 Å². The molecular weight excluding hydrogens is 294 g/mol. The molecule has 8 nitrogen and oxygen atoms in total. The number of hydrogen-bond donors (Lipinski definition) is 1. The van der Waals surface area contributed by atoms with E-state index in [1.807, 2.05) is 4.57 Å². The molecule has 1 amide bonds. The zero-order chi connectivity index (χ0) is 15.0. The summed E-state index contributed by atoms with van der Waals surface area (Å²) < 4.78 is 1.81. The number of nitrogens with zero attached hydrogens (tertiary/aromatic N) is 4. The lowest BCUT2D eigenvalue weighted by atomic mass is 10.1. The molecule has 2 aromatic rings. The van der Waals surface area contributed by atoms with Gasteiger partial charge in [0.05, 0.1) is 4.92 Å². The Morgan fingerprint density at radius 1 is 1.48 bits per heavy atom. The first-order valence-corrected chi connectivity index (χ1v) is 7.18. The second kappa shape index (κ2) is 5.17. The van der Waals surface area contributed by atoms with Gasteiger partial charge < -0.3 is 0 Å². The van der Waals surface area contributed by atoms with Crippen molar-refractivity contribution in [3.05, 3.63) is 39.4 Å². The maximum absolute atomic E-state index is 12.3. The second-order valence-corrected chi connectivity index (χ2v) is 5.53. The van der Waals surface area contributed by atoms with E-state index >= 15 is 0 Å². The van der Waals surface area contributed by atoms with Crippen LogP contribution in [-0.2, 0) is 6.54 Å². The van der Waals surface area contributed by atoms with Gasteiger partial charge in [-0.2, -0.15) is 0 Å². The number of aromatic nitrogens is 3. The highest BCUT2D eigenvalue weighted by molar-refractivity contribution is 7.99. The quantitative estimate of drug-likeness (QED) is 0.685. The first-order chi connectivity index (χ1) is 10.1. The van der Waals surface area contributed by atoms with Crippen molar-refractivity contribution in [2.45, 2.75) is 18.6 Å². The number of hydrogen-bond acceptors (Lipinski definition) is 6. The van der Waals surface area contributed by atoms with E-state index in [1.165, 1.54) is 12.1 Å². The number of nitrogens with one attached hydrogen (secondary N) is 1. The summed E-state index contributed by atoms with van der Waals surface area (Å²) in [6, 6.07) is 4.41. The number of carbonyl (C=O) groups is 1. The second-order valence-electron chi connectivity index (χ2n) is 4.47. The summed E-state index contributed by atoms with van der Waals surface area (Å²) >= 11 is 1.57. The molecule has 1 aliphatic rings. The summed E-state index contributed by atoms with van der Waals surface area (Å²) in [5.74, 6) is 0.832. The van der Waals surface area contributed by atoms with Gasteiger partial charge in [-0.25, -0.2) is 0 Å². The van der Waals surface area contributed by atoms with E-state index < -0.39 is 10.8 Å². The van der Waals surface area contributed by atoms with Crippen LogP contribution >= 0.6 is 11.8 Å². The third-order valence-corrected chi connectivity index (χ3v) is 4.18. The predicted octanol–water partition coefficient (Wildman–Crippen LogP) is 1.85. The minimum absolute atomic E-state index is 0.0790. The van der Waals surface area contributed by atoms with E-state index in [-0.39, 0.29) is 11.3 Å². The van der Waals surface area contributed by atoms with Crippen LogP contribution in [0.2, 0.25) is 0 Å². The average Bonchev–Trinajstić information content (AvgIpc) is 3.03. The van der Waals surface area contributed by atoms with Crippen molar-refractivity contribution in [1.82, 2.24) is 14.8 Å². The minimum atomic E-state index is -0.502. The number of thioether (sulfide) groups is 1. The standard InChI is InChI=1S/C12H11N5O3S/c1-7-8(3-2-4-9(7)17(19)20)10(18)13-11-14-15-12-16(11)5-6-21-12/h2-4H,5-6H2,1H3,(H,13,14,18). The molecule has 0 bridgehead atoms. The number of rotatable bonds is 3. The summed E-state index contributed by atoms with van der Waals surface area (Å²) in [7, 11) is 0. The van der Waals surface area contributed by atoms with Gasteiger partial charge in [0.25, 0.3) is 11.6 Å². The van der Waals surface area contributed by atoms with Crippen molar-refractivity contribution in [1.29, 1.82) is 0 Å². The summed E-state index contributed by atoms with van der Waals surface area (Å²) in [6.45, 7) is 2.29. The third-order valence-electron chi connectivity index (χ3n) is 3.23. The zero-order valence-electron chi connectivity index (χ0n) is 11.1. The van der Waals surface area contributed by atoms with Gasteiger partial charge in [-0.1, -0.05) is 17.8 Å². The van der Waals surface area contributed by atoms with Gasteiger partial charge in [-0.15, -0.1) is 10.2 Å². The van der Waals surface area contributed by atoms with Gasteiger partial charge in [0, 0.05) is 29.5 Å².